The van der Waals surface area contributed by atoms with Crippen LogP contribution in [-0.4, -0.2) is 30.1 Å². The number of aryl methyl sites for hydroxylation is 1. The molecule has 0 aliphatic heterocycles. The van der Waals surface area contributed by atoms with E-state index in [1.165, 1.54) is 28.7 Å². The van der Waals surface area contributed by atoms with Crippen molar-refractivity contribution < 1.29 is 19.1 Å². The van der Waals surface area contributed by atoms with Crippen molar-refractivity contribution in [2.24, 2.45) is 5.92 Å². The standard InChI is InChI=1S/C18H26N2O4S/c1-5-12-6-7-14-13(8-12)9-15(25-14)17(22)24-11(4)16(21)20-18(23)19-10(2)3/h9-12H,5-8H2,1-4H3,(H2,19,20,21,23)/t11-,12-/m1/s1. The first-order valence-corrected chi connectivity index (χ1v) is 9.55. The average molecular weight is 366 g/mol. The Labute approximate surface area is 152 Å². The van der Waals surface area contributed by atoms with Crippen LogP contribution in [0.4, 0.5) is 4.79 Å². The maximum absolute atomic E-state index is 12.3. The highest BCUT2D eigenvalue weighted by atomic mass is 32.1. The fraction of sp³-hybridized carbons (Fsp3) is 0.611. The Morgan fingerprint density at radius 3 is 2.68 bits per heavy atom. The quantitative estimate of drug-likeness (QED) is 0.785. The zero-order chi connectivity index (χ0) is 18.6. The highest BCUT2D eigenvalue weighted by Crippen LogP contribution is 2.33. The molecule has 1 aromatic rings. The topological polar surface area (TPSA) is 84.5 Å². The molecule has 0 aromatic carbocycles. The number of fused-ring (bicyclic) bond motifs is 1. The second-order valence-electron chi connectivity index (χ2n) is 6.74. The van der Waals surface area contributed by atoms with E-state index < -0.39 is 24.0 Å². The highest BCUT2D eigenvalue weighted by Gasteiger charge is 2.25. The molecule has 0 unspecified atom stereocenters. The largest absolute Gasteiger partial charge is 0.448 e. The molecular formula is C18H26N2O4S. The molecule has 2 N–H and O–H groups in total. The van der Waals surface area contributed by atoms with Crippen LogP contribution in [0.25, 0.3) is 0 Å². The molecule has 7 heteroatoms. The van der Waals surface area contributed by atoms with Gasteiger partial charge in [-0.25, -0.2) is 9.59 Å². The number of ether oxygens (including phenoxy) is 1. The molecule has 0 saturated heterocycles. The van der Waals surface area contributed by atoms with Gasteiger partial charge in [0.15, 0.2) is 6.10 Å². The van der Waals surface area contributed by atoms with E-state index in [-0.39, 0.29) is 6.04 Å². The van der Waals surface area contributed by atoms with Gasteiger partial charge in [0.25, 0.3) is 5.91 Å². The smallest absolute Gasteiger partial charge is 0.349 e. The minimum absolute atomic E-state index is 0.0879. The van der Waals surface area contributed by atoms with Crippen molar-refractivity contribution in [3.63, 3.8) is 0 Å². The van der Waals surface area contributed by atoms with Crippen molar-refractivity contribution >= 4 is 29.2 Å². The monoisotopic (exact) mass is 366 g/mol. The van der Waals surface area contributed by atoms with Gasteiger partial charge in [0.2, 0.25) is 0 Å². The first-order valence-electron chi connectivity index (χ1n) is 8.74. The van der Waals surface area contributed by atoms with Gasteiger partial charge < -0.3 is 10.1 Å². The highest BCUT2D eigenvalue weighted by molar-refractivity contribution is 7.14. The summed E-state index contributed by atoms with van der Waals surface area (Å²) in [6, 6.07) is 1.20. The summed E-state index contributed by atoms with van der Waals surface area (Å²) >= 11 is 1.45. The van der Waals surface area contributed by atoms with Gasteiger partial charge in [0.05, 0.1) is 0 Å². The van der Waals surface area contributed by atoms with E-state index in [4.69, 9.17) is 4.74 Å². The molecule has 0 fully saturated rings. The maximum atomic E-state index is 12.3. The van der Waals surface area contributed by atoms with Crippen LogP contribution in [0.3, 0.4) is 0 Å². The number of urea groups is 1. The summed E-state index contributed by atoms with van der Waals surface area (Å²) in [6.07, 6.45) is 3.26. The Bertz CT molecular complexity index is 654. The molecule has 2 rings (SSSR count). The van der Waals surface area contributed by atoms with E-state index in [0.717, 1.165) is 25.7 Å². The van der Waals surface area contributed by atoms with Crippen LogP contribution in [0.15, 0.2) is 6.07 Å². The summed E-state index contributed by atoms with van der Waals surface area (Å²) in [7, 11) is 0. The number of carbonyl (C=O) groups is 3. The van der Waals surface area contributed by atoms with E-state index in [0.29, 0.717) is 10.8 Å². The third kappa shape index (κ3) is 5.29. The Morgan fingerprint density at radius 2 is 2.04 bits per heavy atom. The Kier molecular flexibility index (Phi) is 6.58. The predicted octanol–water partition coefficient (Wildman–Crippen LogP) is 3.04. The van der Waals surface area contributed by atoms with Crippen molar-refractivity contribution in [2.75, 3.05) is 0 Å². The fourth-order valence-electron chi connectivity index (χ4n) is 2.83. The van der Waals surface area contributed by atoms with E-state index in [2.05, 4.69) is 17.6 Å². The Balaban J connectivity index is 1.92. The summed E-state index contributed by atoms with van der Waals surface area (Å²) in [6.45, 7) is 7.22. The third-order valence-corrected chi connectivity index (χ3v) is 5.49. The number of hydrogen-bond acceptors (Lipinski definition) is 5. The van der Waals surface area contributed by atoms with Crippen LogP contribution in [-0.2, 0) is 22.4 Å². The number of nitrogens with one attached hydrogen (secondary N) is 2. The molecule has 2 atom stereocenters. The third-order valence-electron chi connectivity index (χ3n) is 4.27. The molecule has 0 bridgehead atoms. The molecule has 6 nitrogen and oxygen atoms in total. The van der Waals surface area contributed by atoms with Crippen LogP contribution in [0, 0.1) is 5.92 Å². The second kappa shape index (κ2) is 8.47. The van der Waals surface area contributed by atoms with Crippen molar-refractivity contribution in [1.29, 1.82) is 0 Å². The van der Waals surface area contributed by atoms with Crippen LogP contribution < -0.4 is 10.6 Å². The van der Waals surface area contributed by atoms with Crippen LogP contribution >= 0.6 is 11.3 Å². The normalized spacial score (nSPS) is 17.6. The van der Waals surface area contributed by atoms with E-state index in [9.17, 15) is 14.4 Å². The summed E-state index contributed by atoms with van der Waals surface area (Å²) < 4.78 is 5.21. The van der Waals surface area contributed by atoms with Gasteiger partial charge in [0, 0.05) is 10.9 Å². The van der Waals surface area contributed by atoms with E-state index in [1.807, 2.05) is 6.07 Å². The van der Waals surface area contributed by atoms with Gasteiger partial charge in [-0.1, -0.05) is 13.3 Å². The summed E-state index contributed by atoms with van der Waals surface area (Å²) in [4.78, 5) is 37.5. The van der Waals surface area contributed by atoms with Crippen LogP contribution in [0.1, 0.15) is 60.6 Å². The predicted molar refractivity (Wildman–Crippen MR) is 96.8 cm³/mol. The van der Waals surface area contributed by atoms with Gasteiger partial charge in [-0.15, -0.1) is 11.3 Å². The van der Waals surface area contributed by atoms with Crippen molar-refractivity contribution in [1.82, 2.24) is 10.6 Å². The molecule has 0 radical (unpaired) electrons. The zero-order valence-corrected chi connectivity index (χ0v) is 16.0. The summed E-state index contributed by atoms with van der Waals surface area (Å²) in [5, 5.41) is 4.71. The first kappa shape index (κ1) is 19.4. The van der Waals surface area contributed by atoms with Crippen molar-refractivity contribution in [2.45, 2.75) is 65.5 Å². The van der Waals surface area contributed by atoms with Gasteiger partial charge >= 0.3 is 12.0 Å². The number of amides is 3. The van der Waals surface area contributed by atoms with Gasteiger partial charge in [-0.2, -0.15) is 0 Å². The molecule has 1 heterocycles. The van der Waals surface area contributed by atoms with E-state index in [1.54, 1.807) is 13.8 Å². The fourth-order valence-corrected chi connectivity index (χ4v) is 3.92. The Hall–Kier alpha value is -1.89. The molecular weight excluding hydrogens is 340 g/mol. The molecule has 1 aliphatic carbocycles. The SMILES string of the molecule is CC[C@@H]1CCc2sc(C(=O)O[C@H](C)C(=O)NC(=O)NC(C)C)cc2C1. The number of rotatable bonds is 5. The van der Waals surface area contributed by atoms with Crippen LogP contribution in [0.5, 0.6) is 0 Å². The summed E-state index contributed by atoms with van der Waals surface area (Å²) in [5.41, 5.74) is 1.23. The molecule has 0 saturated carbocycles. The lowest BCUT2D eigenvalue weighted by atomic mass is 9.87. The van der Waals surface area contributed by atoms with Crippen molar-refractivity contribution in [3.8, 4) is 0 Å². The molecule has 3 amide bonds. The second-order valence-corrected chi connectivity index (χ2v) is 7.88. The number of imide groups is 1. The lowest BCUT2D eigenvalue weighted by molar-refractivity contribution is -0.127. The summed E-state index contributed by atoms with van der Waals surface area (Å²) in [5.74, 6) is -0.478. The number of esters is 1. The van der Waals surface area contributed by atoms with Gasteiger partial charge in [0.1, 0.15) is 4.88 Å². The van der Waals surface area contributed by atoms with Crippen molar-refractivity contribution in [3.05, 3.63) is 21.4 Å². The lowest BCUT2D eigenvalue weighted by Gasteiger charge is -2.19. The minimum Gasteiger partial charge on any atom is -0.448 e. The minimum atomic E-state index is -1.03. The maximum Gasteiger partial charge on any atom is 0.349 e. The van der Waals surface area contributed by atoms with Gasteiger partial charge in [-0.3, -0.25) is 10.1 Å². The number of hydrogen-bond donors (Lipinski definition) is 2. The average Bonchev–Trinajstić information content (AvgIpc) is 2.96. The lowest BCUT2D eigenvalue weighted by Crippen LogP contribution is -2.46. The molecule has 25 heavy (non-hydrogen) atoms. The molecule has 0 spiro atoms. The molecule has 1 aliphatic rings. The Morgan fingerprint density at radius 1 is 1.32 bits per heavy atom. The molecule has 138 valence electrons. The van der Waals surface area contributed by atoms with E-state index >= 15 is 0 Å². The zero-order valence-electron chi connectivity index (χ0n) is 15.2. The number of carbonyl (C=O) groups excluding carboxylic acids is 3. The first-order chi connectivity index (χ1) is 11.8. The van der Waals surface area contributed by atoms with Crippen LogP contribution in [0.2, 0.25) is 0 Å². The van der Waals surface area contributed by atoms with Gasteiger partial charge in [-0.05, 0) is 57.6 Å². The molecule has 1 aromatic heterocycles. The number of thiophene rings is 1.